The molecule has 1 N–H and O–H groups in total. The van der Waals surface area contributed by atoms with E-state index in [0.29, 0.717) is 64.7 Å². The van der Waals surface area contributed by atoms with Crippen molar-refractivity contribution in [1.82, 2.24) is 24.8 Å². The Morgan fingerprint density at radius 1 is 1.00 bits per heavy atom. The maximum atomic E-state index is 17.7. The van der Waals surface area contributed by atoms with Gasteiger partial charge in [-0.1, -0.05) is 60.0 Å². The summed E-state index contributed by atoms with van der Waals surface area (Å²) < 4.78 is 61.0. The van der Waals surface area contributed by atoms with Crippen LogP contribution < -0.4 is 9.64 Å². The molecule has 332 valence electrons. The quantitative estimate of drug-likeness (QED) is 0.137. The second kappa shape index (κ2) is 16.5. The molecule has 0 aliphatic carbocycles. The summed E-state index contributed by atoms with van der Waals surface area (Å²) in [6.07, 6.45) is 4.79. The lowest BCUT2D eigenvalue weighted by Crippen LogP contribution is -2.57. The van der Waals surface area contributed by atoms with Crippen LogP contribution >= 0.6 is 0 Å². The fourth-order valence-electron chi connectivity index (χ4n) is 11.3. The van der Waals surface area contributed by atoms with Crippen LogP contribution in [0.1, 0.15) is 106 Å². The Balaban J connectivity index is 1.26. The molecule has 4 aliphatic rings. The number of phenolic OH excluding ortho intramolecular Hbond substituents is 1. The summed E-state index contributed by atoms with van der Waals surface area (Å²) in [6, 6.07) is 5.44. The first-order valence-corrected chi connectivity index (χ1v) is 24.7. The Labute approximate surface area is 364 Å². The number of piperidine rings is 1. The number of ether oxygens (including phenoxy) is 2. The molecule has 4 aromatic rings. The smallest absolute Gasteiger partial charge is 0.410 e. The third-order valence-corrected chi connectivity index (χ3v) is 20.4. The highest BCUT2D eigenvalue weighted by Crippen LogP contribution is 2.44. The minimum Gasteiger partial charge on any atom is -0.508 e. The first-order chi connectivity index (χ1) is 29.3. The summed E-state index contributed by atoms with van der Waals surface area (Å²) in [7, 11) is -2.32. The third kappa shape index (κ3) is 7.86. The van der Waals surface area contributed by atoms with E-state index >= 15 is 8.78 Å². The number of aromatic hydroxyl groups is 1. The summed E-state index contributed by atoms with van der Waals surface area (Å²) in [6.45, 7) is 20.8. The maximum Gasteiger partial charge on any atom is 0.410 e. The van der Waals surface area contributed by atoms with Crippen molar-refractivity contribution in [2.45, 2.75) is 147 Å². The van der Waals surface area contributed by atoms with Crippen molar-refractivity contribution in [2.75, 3.05) is 37.7 Å². The number of amides is 1. The van der Waals surface area contributed by atoms with Crippen molar-refractivity contribution in [1.29, 1.82) is 0 Å². The number of carbonyl (C=O) groups excluding carboxylic acids is 1. The zero-order valence-electron chi connectivity index (χ0n) is 37.6. The van der Waals surface area contributed by atoms with Gasteiger partial charge in [0.25, 0.3) is 0 Å². The van der Waals surface area contributed by atoms with E-state index in [1.165, 1.54) is 24.4 Å². The molecule has 14 heteroatoms. The van der Waals surface area contributed by atoms with Gasteiger partial charge in [0, 0.05) is 43.2 Å². The summed E-state index contributed by atoms with van der Waals surface area (Å²) in [5, 5.41) is 12.2. The van der Waals surface area contributed by atoms with Gasteiger partial charge in [-0.3, -0.25) is 14.8 Å². The fraction of sp³-hybridized carbons (Fsp3) is 0.583. The van der Waals surface area contributed by atoms with Gasteiger partial charge in [0.2, 0.25) is 0 Å². The van der Waals surface area contributed by atoms with E-state index in [4.69, 9.17) is 24.4 Å². The summed E-state index contributed by atoms with van der Waals surface area (Å²) in [5.74, 6) is 2.21. The number of aromatic nitrogens is 3. The zero-order valence-corrected chi connectivity index (χ0v) is 38.6. The molecule has 2 aromatic carbocycles. The van der Waals surface area contributed by atoms with Crippen LogP contribution in [0.3, 0.4) is 0 Å². The SMILES string of the molecule is CC(C)[Si](C#Cc1c(F)ccc2cc(O)cc(-c3ncc4c(N5CC6CCC(C5)N6C(=O)OC(C)(C)C)nc(OC[C@@]56CCCCN5C[C@H](F)C6)nc4c3F)c12)(C(C)C)C(C)C. The van der Waals surface area contributed by atoms with Crippen molar-refractivity contribution < 1.29 is 32.5 Å². The van der Waals surface area contributed by atoms with Crippen LogP contribution in [0.25, 0.3) is 32.9 Å². The van der Waals surface area contributed by atoms with E-state index in [1.54, 1.807) is 6.07 Å². The Morgan fingerprint density at radius 2 is 1.69 bits per heavy atom. The van der Waals surface area contributed by atoms with Gasteiger partial charge < -0.3 is 19.5 Å². The van der Waals surface area contributed by atoms with E-state index in [9.17, 15) is 14.3 Å². The topological polar surface area (TPSA) is 104 Å². The summed E-state index contributed by atoms with van der Waals surface area (Å²) >= 11 is 0. The number of alkyl halides is 1. The van der Waals surface area contributed by atoms with Gasteiger partial charge in [-0.05, 0) is 93.2 Å². The molecule has 2 unspecified atom stereocenters. The number of benzene rings is 2. The molecule has 8 rings (SSSR count). The molecular weight excluding hydrogens is 810 g/mol. The largest absolute Gasteiger partial charge is 0.508 e. The second-order valence-corrected chi connectivity index (χ2v) is 25.6. The van der Waals surface area contributed by atoms with Gasteiger partial charge in [0.15, 0.2) is 5.82 Å². The number of hydrogen-bond donors (Lipinski definition) is 1. The van der Waals surface area contributed by atoms with Crippen molar-refractivity contribution >= 4 is 41.7 Å². The van der Waals surface area contributed by atoms with E-state index in [0.717, 1.165) is 38.6 Å². The zero-order chi connectivity index (χ0) is 44.5. The van der Waals surface area contributed by atoms with Gasteiger partial charge in [-0.2, -0.15) is 9.97 Å². The third-order valence-electron chi connectivity index (χ3n) is 14.1. The van der Waals surface area contributed by atoms with Crippen molar-refractivity contribution in [2.24, 2.45) is 0 Å². The molecule has 4 saturated heterocycles. The minimum atomic E-state index is -2.32. The monoisotopic (exact) mass is 870 g/mol. The summed E-state index contributed by atoms with van der Waals surface area (Å²) in [4.78, 5) is 33.8. The first kappa shape index (κ1) is 44.0. The van der Waals surface area contributed by atoms with Gasteiger partial charge in [-0.15, -0.1) is 5.54 Å². The van der Waals surface area contributed by atoms with Crippen molar-refractivity contribution in [3.63, 3.8) is 0 Å². The number of anilines is 1. The Morgan fingerprint density at radius 3 is 2.35 bits per heavy atom. The lowest BCUT2D eigenvalue weighted by molar-refractivity contribution is 0.0122. The van der Waals surface area contributed by atoms with Crippen LogP contribution in [0.2, 0.25) is 16.6 Å². The molecule has 0 saturated carbocycles. The number of halogens is 3. The van der Waals surface area contributed by atoms with E-state index in [2.05, 4.69) is 57.9 Å². The van der Waals surface area contributed by atoms with Gasteiger partial charge >= 0.3 is 12.1 Å². The molecule has 62 heavy (non-hydrogen) atoms. The van der Waals surface area contributed by atoms with Gasteiger partial charge in [0.05, 0.1) is 28.6 Å². The van der Waals surface area contributed by atoms with E-state index < -0.39 is 37.0 Å². The average molecular weight is 871 g/mol. The minimum absolute atomic E-state index is 0.0524. The van der Waals surface area contributed by atoms with E-state index in [1.807, 2.05) is 30.6 Å². The van der Waals surface area contributed by atoms with Gasteiger partial charge in [0.1, 0.15) is 55.0 Å². The number of carbonyl (C=O) groups is 1. The van der Waals surface area contributed by atoms with Crippen LogP contribution in [-0.2, 0) is 4.74 Å². The van der Waals surface area contributed by atoms with Crippen molar-refractivity contribution in [3.8, 4) is 34.5 Å². The summed E-state index contributed by atoms with van der Waals surface area (Å²) in [5.41, 5.74) is 3.47. The number of nitrogens with zero attached hydrogens (tertiary/aromatic N) is 6. The molecule has 10 nitrogen and oxygen atoms in total. The highest BCUT2D eigenvalue weighted by molar-refractivity contribution is 6.90. The lowest BCUT2D eigenvalue weighted by Gasteiger charge is -2.42. The van der Waals surface area contributed by atoms with E-state index in [-0.39, 0.29) is 58.9 Å². The lowest BCUT2D eigenvalue weighted by atomic mass is 9.87. The molecule has 4 atom stereocenters. The van der Waals surface area contributed by atoms with Crippen LogP contribution in [0.15, 0.2) is 30.5 Å². The maximum absolute atomic E-state index is 17.7. The first-order valence-electron chi connectivity index (χ1n) is 22.4. The number of hydrogen-bond acceptors (Lipinski definition) is 9. The van der Waals surface area contributed by atoms with Crippen LogP contribution in [0.5, 0.6) is 11.8 Å². The molecule has 0 radical (unpaired) electrons. The Hall–Kier alpha value is -4.61. The Bertz CT molecular complexity index is 2410. The Kier molecular flexibility index (Phi) is 11.7. The number of phenols is 1. The van der Waals surface area contributed by atoms with Crippen LogP contribution in [0.4, 0.5) is 23.8 Å². The molecule has 6 heterocycles. The van der Waals surface area contributed by atoms with Crippen LogP contribution in [-0.4, -0.2) is 106 Å². The molecule has 1 amide bonds. The molecule has 4 fully saturated rings. The highest BCUT2D eigenvalue weighted by atomic mass is 28.3. The molecule has 4 aliphatic heterocycles. The number of rotatable bonds is 8. The fourth-order valence-corrected chi connectivity index (χ4v) is 16.6. The highest BCUT2D eigenvalue weighted by Gasteiger charge is 2.49. The molecule has 2 aromatic heterocycles. The predicted octanol–water partition coefficient (Wildman–Crippen LogP) is 10.3. The number of fused-ring (bicyclic) bond motifs is 5. The number of pyridine rings is 1. The molecule has 0 spiro atoms. The average Bonchev–Trinajstić information content (AvgIpc) is 3.68. The second-order valence-electron chi connectivity index (χ2n) is 20.1. The predicted molar refractivity (Wildman–Crippen MR) is 240 cm³/mol. The molecular formula is C48H61F3N6O4Si. The van der Waals surface area contributed by atoms with Gasteiger partial charge in [-0.25, -0.2) is 18.0 Å². The van der Waals surface area contributed by atoms with Crippen LogP contribution in [0, 0.1) is 23.1 Å². The normalized spacial score (nSPS) is 23.1. The standard InChI is InChI=1S/C48H61F3N6O4Si/c1-28(2)62(29(3)4,30(5)6)19-16-36-39(50)15-12-31-20-35(58)21-37(40(31)36)42-41(51)43-38(23-52-42)44(55-25-33-13-14-34(26-55)57(33)46(59)61-47(7,8)9)54-45(53-43)60-27-48-17-10-11-18-56(48)24-32(49)22-48/h12,15,20-21,23,28-30,32-34,58H,10-11,13-14,17-18,22,24-27H2,1-9H3/t32-,33?,34?,48+/m1/s1. The van der Waals surface area contributed by atoms with Crippen molar-refractivity contribution in [3.05, 3.63) is 47.7 Å². The number of piperazine rings is 1. The molecule has 2 bridgehead atoms.